The second-order valence-corrected chi connectivity index (χ2v) is 5.56. The monoisotopic (exact) mass is 229 g/mol. The fraction of sp³-hybridized carbons (Fsp3) is 0.625. The Hall–Kier alpha value is -1.43. The molecule has 0 bridgehead atoms. The molecule has 0 aromatic carbocycles. The van der Waals surface area contributed by atoms with E-state index < -0.39 is 7.71 Å². The maximum absolute atomic E-state index is 10.2. The van der Waals surface area contributed by atoms with Gasteiger partial charge >= 0.3 is 87.0 Å². The molecular formula is C8H12N3O3P. The van der Waals surface area contributed by atoms with E-state index in [4.69, 9.17) is 0 Å². The maximum atomic E-state index is 10.2. The van der Waals surface area contributed by atoms with Crippen molar-refractivity contribution in [3.63, 3.8) is 0 Å². The summed E-state index contributed by atoms with van der Waals surface area (Å²) in [6.45, 7) is 2.00. The first-order chi connectivity index (χ1) is 7.24. The molecule has 0 saturated carbocycles. The van der Waals surface area contributed by atoms with E-state index in [2.05, 4.69) is 14.3 Å². The Morgan fingerprint density at radius 2 is 1.40 bits per heavy atom. The van der Waals surface area contributed by atoms with Crippen LogP contribution in [0.2, 0.25) is 0 Å². The molecule has 0 spiro atoms. The zero-order valence-electron chi connectivity index (χ0n) is 8.39. The molecule has 7 heteroatoms. The molecule has 0 atom stereocenters. The predicted octanol–water partition coefficient (Wildman–Crippen LogP) is 1.68. The molecule has 0 aliphatic heterocycles. The van der Waals surface area contributed by atoms with Crippen LogP contribution >= 0.6 is 7.71 Å². The van der Waals surface area contributed by atoms with Crippen molar-refractivity contribution in [2.24, 2.45) is 14.3 Å². The Labute approximate surface area is 87.7 Å². The Balaban J connectivity index is 4.85. The van der Waals surface area contributed by atoms with Gasteiger partial charge in [-0.3, -0.25) is 0 Å². The van der Waals surface area contributed by atoms with Gasteiger partial charge in [0.1, 0.15) is 0 Å². The van der Waals surface area contributed by atoms with Gasteiger partial charge in [-0.2, -0.15) is 0 Å². The summed E-state index contributed by atoms with van der Waals surface area (Å²) in [5.74, 6) is 0. The predicted molar refractivity (Wildman–Crippen MR) is 57.1 cm³/mol. The van der Waals surface area contributed by atoms with Crippen LogP contribution in [0.4, 0.5) is 0 Å². The first-order valence-electron chi connectivity index (χ1n) is 4.51. The molecular weight excluding hydrogens is 217 g/mol. The molecule has 0 aromatic rings. The van der Waals surface area contributed by atoms with Crippen LogP contribution in [-0.4, -0.2) is 24.4 Å². The van der Waals surface area contributed by atoms with Gasteiger partial charge in [-0.05, 0) is 0 Å². The average Bonchev–Trinajstić information content (AvgIpc) is 2.19. The van der Waals surface area contributed by atoms with E-state index in [-0.39, 0.29) is 0 Å². The van der Waals surface area contributed by atoms with Crippen molar-refractivity contribution >= 4 is 26.0 Å². The van der Waals surface area contributed by atoms with Crippen LogP contribution in [0, 0.1) is 0 Å². The summed E-state index contributed by atoms with van der Waals surface area (Å²) >= 11 is 0. The van der Waals surface area contributed by atoms with Crippen molar-refractivity contribution in [2.45, 2.75) is 26.2 Å². The number of nitrogens with zero attached hydrogens (tertiary/aromatic N) is 3. The van der Waals surface area contributed by atoms with Crippen molar-refractivity contribution in [1.82, 2.24) is 0 Å². The molecule has 0 radical (unpaired) electrons. The van der Waals surface area contributed by atoms with Crippen molar-refractivity contribution in [3.8, 4) is 0 Å². The van der Waals surface area contributed by atoms with Gasteiger partial charge < -0.3 is 0 Å². The second-order valence-electron chi connectivity index (χ2n) is 2.84. The number of rotatable bonds is 7. The van der Waals surface area contributed by atoms with Crippen molar-refractivity contribution < 1.29 is 14.4 Å². The zero-order chi connectivity index (χ0) is 11.6. The van der Waals surface area contributed by atoms with Gasteiger partial charge in [0.05, 0.1) is 0 Å². The van der Waals surface area contributed by atoms with Crippen molar-refractivity contribution in [3.05, 3.63) is 0 Å². The van der Waals surface area contributed by atoms with Crippen molar-refractivity contribution in [2.75, 3.05) is 6.16 Å². The minimum atomic E-state index is -3.23. The van der Waals surface area contributed by atoms with Gasteiger partial charge in [0, 0.05) is 0 Å². The minimum absolute atomic E-state index is 0.334. The number of hydrogen-bond acceptors (Lipinski definition) is 6. The molecule has 82 valence electrons. The molecule has 0 aromatic heterocycles. The summed E-state index contributed by atoms with van der Waals surface area (Å²) in [5, 5.41) is 0. The van der Waals surface area contributed by atoms with E-state index in [1.54, 1.807) is 0 Å². The number of carbonyl (C=O) groups excluding carboxylic acids is 3. The first kappa shape index (κ1) is 13.6. The summed E-state index contributed by atoms with van der Waals surface area (Å²) in [7, 11) is -3.23. The Kier molecular flexibility index (Phi) is 7.17. The summed E-state index contributed by atoms with van der Waals surface area (Å²) in [6.07, 6.45) is 6.78. The molecule has 0 rings (SSSR count). The van der Waals surface area contributed by atoms with Gasteiger partial charge in [0.25, 0.3) is 0 Å². The van der Waals surface area contributed by atoms with Crippen LogP contribution in [0.3, 0.4) is 0 Å². The summed E-state index contributed by atoms with van der Waals surface area (Å²) in [5.41, 5.74) is 0. The Morgan fingerprint density at radius 3 is 1.73 bits per heavy atom. The summed E-state index contributed by atoms with van der Waals surface area (Å²) in [6, 6.07) is 0. The topological polar surface area (TPSA) is 88.3 Å². The molecule has 6 nitrogen and oxygen atoms in total. The van der Waals surface area contributed by atoms with Crippen LogP contribution in [0.25, 0.3) is 0 Å². The molecule has 0 aliphatic carbocycles. The quantitative estimate of drug-likeness (QED) is 0.288. The number of hydrogen-bond donors (Lipinski definition) is 0. The average molecular weight is 229 g/mol. The van der Waals surface area contributed by atoms with Gasteiger partial charge in [0.15, 0.2) is 0 Å². The third-order valence-electron chi connectivity index (χ3n) is 1.79. The van der Waals surface area contributed by atoms with E-state index in [1.165, 1.54) is 18.2 Å². The number of unbranched alkanes of at least 4 members (excludes halogenated alkanes) is 2. The van der Waals surface area contributed by atoms with E-state index in [1.807, 2.05) is 6.92 Å². The van der Waals surface area contributed by atoms with E-state index in [0.717, 1.165) is 12.8 Å². The van der Waals surface area contributed by atoms with Crippen LogP contribution in [0.1, 0.15) is 26.2 Å². The Morgan fingerprint density at radius 1 is 0.933 bits per heavy atom. The third kappa shape index (κ3) is 5.11. The first-order valence-corrected chi connectivity index (χ1v) is 6.56. The molecule has 0 fully saturated rings. The third-order valence-corrected chi connectivity index (χ3v) is 4.16. The molecule has 0 amide bonds. The normalized spacial score (nSPS) is 10.5. The summed E-state index contributed by atoms with van der Waals surface area (Å²) in [4.78, 5) is 30.5. The van der Waals surface area contributed by atoms with Crippen LogP contribution in [-0.2, 0) is 14.4 Å². The molecule has 15 heavy (non-hydrogen) atoms. The zero-order valence-corrected chi connectivity index (χ0v) is 9.39. The van der Waals surface area contributed by atoms with Gasteiger partial charge in [0.2, 0.25) is 0 Å². The SMILES string of the molecule is CCCCC[PH](N=C=O)(N=C=O)N=C=O. The summed E-state index contributed by atoms with van der Waals surface area (Å²) < 4.78 is 10.1. The second kappa shape index (κ2) is 7.93. The fourth-order valence-electron chi connectivity index (χ4n) is 1.07. The van der Waals surface area contributed by atoms with Gasteiger partial charge in [-0.25, -0.2) is 0 Å². The van der Waals surface area contributed by atoms with Crippen LogP contribution < -0.4 is 0 Å². The molecule has 0 heterocycles. The van der Waals surface area contributed by atoms with Crippen LogP contribution in [0.15, 0.2) is 14.3 Å². The fourth-order valence-corrected chi connectivity index (χ4v) is 2.72. The van der Waals surface area contributed by atoms with Gasteiger partial charge in [-0.1, -0.05) is 0 Å². The number of isocyanates is 3. The van der Waals surface area contributed by atoms with Gasteiger partial charge in [-0.15, -0.1) is 0 Å². The van der Waals surface area contributed by atoms with E-state index in [9.17, 15) is 14.4 Å². The Bertz CT molecular complexity index is 293. The molecule has 0 aliphatic rings. The van der Waals surface area contributed by atoms with Crippen molar-refractivity contribution in [1.29, 1.82) is 0 Å². The molecule has 0 unspecified atom stereocenters. The standard InChI is InChI=1S/C8H12N3O3P/c1-2-3-4-5-15(9-6-12,10-7-13)11-8-14/h15H,2-5H2,1H3. The molecule has 0 saturated heterocycles. The van der Waals surface area contributed by atoms with Crippen LogP contribution in [0.5, 0.6) is 0 Å². The van der Waals surface area contributed by atoms with E-state index >= 15 is 0 Å². The molecule has 0 N–H and O–H groups in total. The van der Waals surface area contributed by atoms with E-state index in [0.29, 0.717) is 12.6 Å².